The van der Waals surface area contributed by atoms with Crippen molar-refractivity contribution >= 4 is 11.5 Å². The number of para-hydroxylation sites is 1. The van der Waals surface area contributed by atoms with Crippen LogP contribution in [0.15, 0.2) is 23.4 Å². The van der Waals surface area contributed by atoms with Gasteiger partial charge in [0.05, 0.1) is 11.5 Å². The highest BCUT2D eigenvalue weighted by Crippen LogP contribution is 2.30. The molecule has 3 N–H and O–H groups in total. The molecule has 0 aromatic heterocycles. The van der Waals surface area contributed by atoms with E-state index in [1.165, 1.54) is 12.1 Å². The van der Waals surface area contributed by atoms with E-state index in [0.717, 1.165) is 6.07 Å². The van der Waals surface area contributed by atoms with Gasteiger partial charge in [-0.25, -0.2) is 4.39 Å². The van der Waals surface area contributed by atoms with Gasteiger partial charge in [0.15, 0.2) is 5.82 Å². The fourth-order valence-electron chi connectivity index (χ4n) is 1.74. The number of hydrogen-bond acceptors (Lipinski definition) is 5. The lowest BCUT2D eigenvalue weighted by Crippen LogP contribution is -2.32. The Morgan fingerprint density at radius 2 is 2.24 bits per heavy atom. The molecule has 0 radical (unpaired) electrons. The number of benzene rings is 1. The standard InChI is InChI=1S/C13H18FN3O4/c1-13(2,12(15)16-18)7-4-8-21-11-9(14)5-3-6-10(11)17(19)20/h3,5-6,18H,4,7-8H2,1-2H3,(H2,15,16). The van der Waals surface area contributed by atoms with Crippen LogP contribution in [-0.4, -0.2) is 22.6 Å². The monoisotopic (exact) mass is 299 g/mol. The second-order valence-electron chi connectivity index (χ2n) is 5.17. The Balaban J connectivity index is 2.64. The van der Waals surface area contributed by atoms with Crippen molar-refractivity contribution in [2.75, 3.05) is 6.61 Å². The smallest absolute Gasteiger partial charge is 0.314 e. The maximum atomic E-state index is 13.6. The predicted molar refractivity (Wildman–Crippen MR) is 75.0 cm³/mol. The Kier molecular flexibility index (Phi) is 5.45. The third kappa shape index (κ3) is 4.30. The van der Waals surface area contributed by atoms with Gasteiger partial charge in [-0.3, -0.25) is 10.1 Å². The third-order valence-electron chi connectivity index (χ3n) is 3.14. The Morgan fingerprint density at radius 3 is 2.81 bits per heavy atom. The predicted octanol–water partition coefficient (Wildman–Crippen LogP) is 2.67. The van der Waals surface area contributed by atoms with Crippen molar-refractivity contribution in [3.8, 4) is 5.75 Å². The lowest BCUT2D eigenvalue weighted by molar-refractivity contribution is -0.386. The summed E-state index contributed by atoms with van der Waals surface area (Å²) in [5.41, 5.74) is 4.59. The van der Waals surface area contributed by atoms with Crippen LogP contribution in [0.5, 0.6) is 5.75 Å². The number of hydrogen-bond donors (Lipinski definition) is 2. The van der Waals surface area contributed by atoms with Gasteiger partial charge >= 0.3 is 5.69 Å². The first kappa shape index (κ1) is 16.7. The molecule has 116 valence electrons. The van der Waals surface area contributed by atoms with Crippen molar-refractivity contribution in [2.24, 2.45) is 16.3 Å². The average Bonchev–Trinajstić information content (AvgIpc) is 2.43. The summed E-state index contributed by atoms with van der Waals surface area (Å²) < 4.78 is 18.7. The number of nitrogens with two attached hydrogens (primary N) is 1. The maximum Gasteiger partial charge on any atom is 0.314 e. The van der Waals surface area contributed by atoms with Crippen LogP contribution in [0.25, 0.3) is 0 Å². The normalized spacial score (nSPS) is 12.2. The molecule has 0 amide bonds. The minimum atomic E-state index is -0.778. The van der Waals surface area contributed by atoms with Crippen LogP contribution in [0.3, 0.4) is 0 Å². The second kappa shape index (κ2) is 6.87. The van der Waals surface area contributed by atoms with E-state index in [-0.39, 0.29) is 18.2 Å². The fraction of sp³-hybridized carbons (Fsp3) is 0.462. The van der Waals surface area contributed by atoms with E-state index in [1.54, 1.807) is 13.8 Å². The van der Waals surface area contributed by atoms with E-state index in [4.69, 9.17) is 15.7 Å². The third-order valence-corrected chi connectivity index (χ3v) is 3.14. The Bertz CT molecular complexity index is 546. The lowest BCUT2D eigenvalue weighted by Gasteiger charge is -2.22. The largest absolute Gasteiger partial charge is 0.485 e. The summed E-state index contributed by atoms with van der Waals surface area (Å²) in [6.45, 7) is 3.66. The van der Waals surface area contributed by atoms with Gasteiger partial charge in [-0.2, -0.15) is 0 Å². The highest BCUT2D eigenvalue weighted by atomic mass is 19.1. The van der Waals surface area contributed by atoms with Crippen molar-refractivity contribution in [1.82, 2.24) is 0 Å². The van der Waals surface area contributed by atoms with E-state index in [1.807, 2.05) is 0 Å². The summed E-state index contributed by atoms with van der Waals surface area (Å²) in [5, 5.41) is 22.4. The van der Waals surface area contributed by atoms with Crippen LogP contribution in [-0.2, 0) is 0 Å². The number of nitrogens with zero attached hydrogens (tertiary/aromatic N) is 2. The highest BCUT2D eigenvalue weighted by molar-refractivity contribution is 5.85. The van der Waals surface area contributed by atoms with E-state index in [0.29, 0.717) is 12.8 Å². The maximum absolute atomic E-state index is 13.6. The van der Waals surface area contributed by atoms with Crippen LogP contribution >= 0.6 is 0 Å². The van der Waals surface area contributed by atoms with Crippen LogP contribution < -0.4 is 10.5 Å². The molecule has 0 saturated heterocycles. The molecule has 0 heterocycles. The number of oxime groups is 1. The van der Waals surface area contributed by atoms with E-state index < -0.39 is 21.8 Å². The summed E-state index contributed by atoms with van der Waals surface area (Å²) in [5.74, 6) is -1.07. The molecular weight excluding hydrogens is 281 g/mol. The minimum absolute atomic E-state index is 0.0828. The van der Waals surface area contributed by atoms with Crippen LogP contribution in [0.2, 0.25) is 0 Å². The first-order valence-electron chi connectivity index (χ1n) is 6.33. The average molecular weight is 299 g/mol. The number of amidine groups is 1. The number of ether oxygens (including phenoxy) is 1. The number of rotatable bonds is 7. The minimum Gasteiger partial charge on any atom is -0.485 e. The van der Waals surface area contributed by atoms with Gasteiger partial charge < -0.3 is 15.7 Å². The molecule has 8 heteroatoms. The van der Waals surface area contributed by atoms with Gasteiger partial charge in [0.25, 0.3) is 0 Å². The van der Waals surface area contributed by atoms with Crippen molar-refractivity contribution < 1.29 is 19.3 Å². The number of nitro benzene ring substituents is 1. The second-order valence-corrected chi connectivity index (χ2v) is 5.17. The zero-order chi connectivity index (χ0) is 16.0. The molecule has 0 unspecified atom stereocenters. The van der Waals surface area contributed by atoms with Crippen molar-refractivity contribution in [3.63, 3.8) is 0 Å². The summed E-state index contributed by atoms with van der Waals surface area (Å²) in [4.78, 5) is 10.1. The van der Waals surface area contributed by atoms with Gasteiger partial charge in [0.1, 0.15) is 5.84 Å². The fourth-order valence-corrected chi connectivity index (χ4v) is 1.74. The molecule has 0 bridgehead atoms. The molecule has 0 saturated carbocycles. The lowest BCUT2D eigenvalue weighted by atomic mass is 9.87. The highest BCUT2D eigenvalue weighted by Gasteiger charge is 2.24. The molecule has 0 aliphatic heterocycles. The SMILES string of the molecule is CC(C)(CCCOc1c(F)cccc1[N+](=O)[O-])/C(N)=N/O. The molecule has 1 rings (SSSR count). The summed E-state index contributed by atoms with van der Waals surface area (Å²) in [7, 11) is 0. The molecule has 0 aliphatic carbocycles. The molecule has 0 spiro atoms. The van der Waals surface area contributed by atoms with Gasteiger partial charge in [0, 0.05) is 11.5 Å². The first-order chi connectivity index (χ1) is 9.79. The summed E-state index contributed by atoms with van der Waals surface area (Å²) in [6, 6.07) is 3.53. The quantitative estimate of drug-likeness (QED) is 0.201. The first-order valence-corrected chi connectivity index (χ1v) is 6.33. The van der Waals surface area contributed by atoms with Crippen LogP contribution in [0.4, 0.5) is 10.1 Å². The molecule has 7 nitrogen and oxygen atoms in total. The van der Waals surface area contributed by atoms with Gasteiger partial charge in [-0.1, -0.05) is 25.1 Å². The van der Waals surface area contributed by atoms with Crippen molar-refractivity contribution in [3.05, 3.63) is 34.1 Å². The Labute approximate surface area is 121 Å². The van der Waals surface area contributed by atoms with Crippen LogP contribution in [0.1, 0.15) is 26.7 Å². The summed E-state index contributed by atoms with van der Waals surface area (Å²) in [6.07, 6.45) is 0.986. The molecule has 21 heavy (non-hydrogen) atoms. The number of nitro groups is 1. The van der Waals surface area contributed by atoms with Crippen LogP contribution in [0, 0.1) is 21.3 Å². The van der Waals surface area contributed by atoms with Gasteiger partial charge in [-0.15, -0.1) is 0 Å². The zero-order valence-electron chi connectivity index (χ0n) is 11.9. The van der Waals surface area contributed by atoms with Gasteiger partial charge in [0.2, 0.25) is 5.75 Å². The molecule has 0 atom stereocenters. The molecule has 0 aliphatic rings. The molecule has 1 aromatic carbocycles. The molecule has 0 fully saturated rings. The molecule has 1 aromatic rings. The van der Waals surface area contributed by atoms with E-state index in [2.05, 4.69) is 5.16 Å². The van der Waals surface area contributed by atoms with Gasteiger partial charge in [-0.05, 0) is 18.9 Å². The summed E-state index contributed by atoms with van der Waals surface area (Å²) >= 11 is 0. The topological polar surface area (TPSA) is 111 Å². The number of halogens is 1. The van der Waals surface area contributed by atoms with E-state index >= 15 is 0 Å². The Morgan fingerprint density at radius 1 is 1.57 bits per heavy atom. The van der Waals surface area contributed by atoms with Crippen molar-refractivity contribution in [2.45, 2.75) is 26.7 Å². The molecular formula is C13H18FN3O4. The van der Waals surface area contributed by atoms with Crippen molar-refractivity contribution in [1.29, 1.82) is 0 Å². The zero-order valence-corrected chi connectivity index (χ0v) is 11.9. The Hall–Kier alpha value is -2.38. The van der Waals surface area contributed by atoms with E-state index in [9.17, 15) is 14.5 Å².